The molecule has 2 aliphatic heterocycles. The number of nitriles is 1. The molecule has 37 heavy (non-hydrogen) atoms. The van der Waals surface area contributed by atoms with Crippen LogP contribution in [-0.2, 0) is 9.47 Å². The van der Waals surface area contributed by atoms with Crippen molar-refractivity contribution in [3.05, 3.63) is 40.7 Å². The van der Waals surface area contributed by atoms with E-state index in [1.54, 1.807) is 19.1 Å². The van der Waals surface area contributed by atoms with Crippen LogP contribution in [0.3, 0.4) is 0 Å². The zero-order chi connectivity index (χ0) is 26.3. The summed E-state index contributed by atoms with van der Waals surface area (Å²) in [5, 5.41) is 23.5. The van der Waals surface area contributed by atoms with Crippen molar-refractivity contribution in [1.82, 2.24) is 9.97 Å². The summed E-state index contributed by atoms with van der Waals surface area (Å²) in [5.41, 5.74) is 2.07. The van der Waals surface area contributed by atoms with Gasteiger partial charge in [0.15, 0.2) is 0 Å². The van der Waals surface area contributed by atoms with Crippen LogP contribution >= 0.6 is 11.6 Å². The lowest BCUT2D eigenvalue weighted by atomic mass is 9.94. The number of hydrogen-bond donors (Lipinski definition) is 2. The summed E-state index contributed by atoms with van der Waals surface area (Å²) in [6.45, 7) is 4.89. The summed E-state index contributed by atoms with van der Waals surface area (Å²) in [6, 6.07) is 5.49. The molecule has 12 heteroatoms. The third kappa shape index (κ3) is 4.45. The molecule has 1 fully saturated rings. The monoisotopic (exact) mass is 523 g/mol. The lowest BCUT2D eigenvalue weighted by molar-refractivity contribution is 0.0843. The van der Waals surface area contributed by atoms with Crippen LogP contribution in [0.15, 0.2) is 24.5 Å². The van der Waals surface area contributed by atoms with E-state index in [0.29, 0.717) is 46.4 Å². The molecular weight excluding hydrogens is 502 g/mol. The van der Waals surface area contributed by atoms with Crippen molar-refractivity contribution in [3.8, 4) is 23.1 Å². The summed E-state index contributed by atoms with van der Waals surface area (Å²) in [5.74, 6) is 0.537. The number of ether oxygens (including phenoxy) is 3. The van der Waals surface area contributed by atoms with Crippen molar-refractivity contribution in [2.75, 3.05) is 36.6 Å². The molecule has 1 aromatic carbocycles. The number of rotatable bonds is 3. The van der Waals surface area contributed by atoms with Crippen LogP contribution in [0.25, 0.3) is 21.9 Å². The Hall–Kier alpha value is -4.14. The van der Waals surface area contributed by atoms with Crippen molar-refractivity contribution < 1.29 is 28.9 Å². The number of anilines is 2. The van der Waals surface area contributed by atoms with Crippen LogP contribution in [-0.4, -0.2) is 59.7 Å². The van der Waals surface area contributed by atoms with E-state index in [2.05, 4.69) is 21.4 Å². The predicted molar refractivity (Wildman–Crippen MR) is 134 cm³/mol. The number of benzene rings is 1. The first-order chi connectivity index (χ1) is 17.8. The molecule has 2 aliphatic rings. The molecule has 2 atom stereocenters. The highest BCUT2D eigenvalue weighted by atomic mass is 35.5. The smallest absolute Gasteiger partial charge is 0.413 e. The Labute approximate surface area is 216 Å². The second kappa shape index (κ2) is 9.72. The van der Waals surface area contributed by atoms with Gasteiger partial charge >= 0.3 is 12.2 Å². The minimum absolute atomic E-state index is 0.0944. The van der Waals surface area contributed by atoms with Gasteiger partial charge in [0.1, 0.15) is 30.3 Å². The Morgan fingerprint density at radius 1 is 1.27 bits per heavy atom. The molecule has 190 valence electrons. The Morgan fingerprint density at radius 3 is 2.78 bits per heavy atom. The Morgan fingerprint density at radius 2 is 2.08 bits per heavy atom. The first kappa shape index (κ1) is 24.5. The highest BCUT2D eigenvalue weighted by molar-refractivity contribution is 6.37. The summed E-state index contributed by atoms with van der Waals surface area (Å²) in [6.07, 6.45) is 0.875. The predicted octanol–water partition coefficient (Wildman–Crippen LogP) is 4.59. The maximum absolute atomic E-state index is 12.4. The second-order valence-electron chi connectivity index (χ2n) is 8.83. The Kier molecular flexibility index (Phi) is 6.45. The number of aromatic nitrogens is 2. The fraction of sp³-hybridized carbons (Fsp3) is 0.320. The second-order valence-corrected chi connectivity index (χ2v) is 9.21. The van der Waals surface area contributed by atoms with Gasteiger partial charge in [-0.05, 0) is 30.0 Å². The number of nitrogens with zero attached hydrogens (tertiary/aromatic N) is 4. The Bertz CT molecular complexity index is 1470. The number of amides is 2. The first-order valence-electron chi connectivity index (χ1n) is 11.5. The maximum atomic E-state index is 12.4. The summed E-state index contributed by atoms with van der Waals surface area (Å²) in [4.78, 5) is 34.0. The number of fused-ring (bicyclic) bond motifs is 2. The zero-order valence-electron chi connectivity index (χ0n) is 19.9. The van der Waals surface area contributed by atoms with E-state index in [-0.39, 0.29) is 47.5 Å². The lowest BCUT2D eigenvalue weighted by Gasteiger charge is -2.29. The van der Waals surface area contributed by atoms with Gasteiger partial charge in [0.05, 0.1) is 30.3 Å². The average molecular weight is 524 g/mol. The number of carboxylic acid groups (broad SMARTS) is 1. The van der Waals surface area contributed by atoms with Gasteiger partial charge < -0.3 is 19.3 Å². The van der Waals surface area contributed by atoms with Crippen molar-refractivity contribution >= 4 is 46.1 Å². The van der Waals surface area contributed by atoms with Crippen LogP contribution in [0.4, 0.5) is 21.1 Å². The fourth-order valence-corrected chi connectivity index (χ4v) is 4.81. The molecule has 5 rings (SSSR count). The zero-order valence-corrected chi connectivity index (χ0v) is 20.7. The van der Waals surface area contributed by atoms with Crippen LogP contribution < -0.4 is 15.0 Å². The molecule has 2 aromatic heterocycles. The van der Waals surface area contributed by atoms with Gasteiger partial charge in [0.25, 0.3) is 0 Å². The first-order valence-corrected chi connectivity index (χ1v) is 11.9. The summed E-state index contributed by atoms with van der Waals surface area (Å²) < 4.78 is 16.3. The van der Waals surface area contributed by atoms with Crippen LogP contribution in [0.1, 0.15) is 18.1 Å². The van der Waals surface area contributed by atoms with Crippen molar-refractivity contribution in [3.63, 3.8) is 0 Å². The van der Waals surface area contributed by atoms with E-state index in [4.69, 9.17) is 25.8 Å². The minimum atomic E-state index is -1.13. The van der Waals surface area contributed by atoms with Gasteiger partial charge in [0.2, 0.25) is 5.88 Å². The average Bonchev–Trinajstić information content (AvgIpc) is 3.27. The third-order valence-corrected chi connectivity index (χ3v) is 6.87. The van der Waals surface area contributed by atoms with E-state index in [1.807, 2.05) is 6.92 Å². The highest BCUT2D eigenvalue weighted by Crippen LogP contribution is 2.42. The number of carbonyl (C=O) groups excluding carboxylic acids is 1. The van der Waals surface area contributed by atoms with Crippen molar-refractivity contribution in [2.45, 2.75) is 20.0 Å². The van der Waals surface area contributed by atoms with E-state index in [0.717, 1.165) is 0 Å². The molecule has 11 nitrogen and oxygen atoms in total. The molecule has 0 bridgehead atoms. The third-order valence-electron chi connectivity index (χ3n) is 6.48. The number of halogens is 1. The van der Waals surface area contributed by atoms with Crippen molar-refractivity contribution in [2.24, 2.45) is 5.92 Å². The molecule has 0 radical (unpaired) electrons. The van der Waals surface area contributed by atoms with Gasteiger partial charge in [-0.1, -0.05) is 18.5 Å². The number of nitrogens with one attached hydrogen (secondary N) is 1. The van der Waals surface area contributed by atoms with E-state index >= 15 is 0 Å². The molecule has 0 unspecified atom stereocenters. The molecule has 4 heterocycles. The normalized spacial score (nSPS) is 18.6. The topological polar surface area (TPSA) is 147 Å². The molecule has 3 aromatic rings. The number of pyridine rings is 2. The van der Waals surface area contributed by atoms with E-state index < -0.39 is 12.2 Å². The van der Waals surface area contributed by atoms with Gasteiger partial charge in [-0.3, -0.25) is 10.2 Å². The van der Waals surface area contributed by atoms with Gasteiger partial charge in [-0.15, -0.1) is 0 Å². The number of hydrogen-bond acceptors (Lipinski definition) is 8. The minimum Gasteiger partial charge on any atom is -0.474 e. The molecule has 0 spiro atoms. The van der Waals surface area contributed by atoms with Crippen LogP contribution in [0.2, 0.25) is 5.02 Å². The van der Waals surface area contributed by atoms with E-state index in [9.17, 15) is 20.0 Å². The summed E-state index contributed by atoms with van der Waals surface area (Å²) in [7, 11) is 0. The molecule has 0 aliphatic carbocycles. The van der Waals surface area contributed by atoms with Crippen LogP contribution in [0.5, 0.6) is 5.88 Å². The molecular formula is C25H22ClN5O6. The molecule has 0 saturated carbocycles. The maximum Gasteiger partial charge on any atom is 0.413 e. The SMILES string of the molecule is Cc1c(-c2cc3cc(NC(=O)O[C@H]4COC[C@@H]4C)ncc3c(Cl)c2C#N)cnc2c1N(C(=O)O)CCO2. The number of carbonyl (C=O) groups is 2. The molecule has 1 saturated heterocycles. The molecule has 2 N–H and O–H groups in total. The van der Waals surface area contributed by atoms with Gasteiger partial charge in [-0.25, -0.2) is 19.6 Å². The lowest BCUT2D eigenvalue weighted by Crippen LogP contribution is -2.37. The fourth-order valence-electron chi connectivity index (χ4n) is 4.51. The summed E-state index contributed by atoms with van der Waals surface area (Å²) >= 11 is 6.62. The standard InChI is InChI=1S/C25H22ClN5O6/c1-12-10-35-11-19(12)37-24(32)30-20-6-14-5-15(16(7-27)21(26)18(14)9-28-20)17-8-29-23-22(13(17)2)31(25(33)34)3-4-36-23/h5-6,8-9,12,19H,3-4,10-11H2,1-2H3,(H,33,34)(H,28,30,32)/t12-,19-/m0/s1. The highest BCUT2D eigenvalue weighted by Gasteiger charge is 2.30. The van der Waals surface area contributed by atoms with Gasteiger partial charge in [0, 0.05) is 34.8 Å². The molecule has 2 amide bonds. The van der Waals surface area contributed by atoms with E-state index in [1.165, 1.54) is 17.3 Å². The quantitative estimate of drug-likeness (QED) is 0.502. The van der Waals surface area contributed by atoms with Gasteiger partial charge in [-0.2, -0.15) is 5.26 Å². The Balaban J connectivity index is 1.55. The largest absolute Gasteiger partial charge is 0.474 e. The van der Waals surface area contributed by atoms with Crippen LogP contribution in [0, 0.1) is 24.2 Å². The van der Waals surface area contributed by atoms with Crippen molar-refractivity contribution in [1.29, 1.82) is 5.26 Å².